The second-order valence-electron chi connectivity index (χ2n) is 5.73. The first kappa shape index (κ1) is 13.5. The molecule has 2 nitrogen and oxygen atoms in total. The van der Waals surface area contributed by atoms with E-state index in [2.05, 4.69) is 29.2 Å². The summed E-state index contributed by atoms with van der Waals surface area (Å²) in [6.07, 6.45) is 6.25. The van der Waals surface area contributed by atoms with Crippen molar-refractivity contribution in [1.82, 2.24) is 4.90 Å². The molecule has 1 N–H and O–H groups in total. The van der Waals surface area contributed by atoms with E-state index < -0.39 is 0 Å². The molecule has 2 unspecified atom stereocenters. The molecular formula is C16H23NOS. The summed E-state index contributed by atoms with van der Waals surface area (Å²) in [7, 11) is 0. The molecule has 0 radical (unpaired) electrons. The predicted octanol–water partition coefficient (Wildman–Crippen LogP) is 2.94. The molecule has 2 aliphatic rings. The summed E-state index contributed by atoms with van der Waals surface area (Å²) < 4.78 is 0. The molecular weight excluding hydrogens is 254 g/mol. The molecule has 1 aromatic rings. The van der Waals surface area contributed by atoms with E-state index in [-0.39, 0.29) is 0 Å². The molecule has 19 heavy (non-hydrogen) atoms. The van der Waals surface area contributed by atoms with Crippen LogP contribution in [0.5, 0.6) is 0 Å². The van der Waals surface area contributed by atoms with Crippen LogP contribution in [-0.2, 0) is 6.42 Å². The van der Waals surface area contributed by atoms with E-state index in [1.165, 1.54) is 49.1 Å². The Balaban J connectivity index is 1.62. The summed E-state index contributed by atoms with van der Waals surface area (Å²) in [5.74, 6) is 0. The summed E-state index contributed by atoms with van der Waals surface area (Å²) in [4.78, 5) is 4.00. The number of hydrogen-bond acceptors (Lipinski definition) is 3. The third kappa shape index (κ3) is 3.15. The zero-order valence-electron chi connectivity index (χ0n) is 11.4. The van der Waals surface area contributed by atoms with Gasteiger partial charge in [0.05, 0.1) is 6.61 Å². The minimum Gasteiger partial charge on any atom is -0.395 e. The summed E-state index contributed by atoms with van der Waals surface area (Å²) in [6, 6.07) is 9.17. The first-order chi connectivity index (χ1) is 9.36. The molecule has 0 aromatic heterocycles. The number of benzene rings is 1. The minimum atomic E-state index is 0.324. The van der Waals surface area contributed by atoms with E-state index in [9.17, 15) is 5.11 Å². The lowest BCUT2D eigenvalue weighted by Crippen LogP contribution is -2.41. The fourth-order valence-electron chi connectivity index (χ4n) is 3.30. The maximum Gasteiger partial charge on any atom is 0.0586 e. The number of likely N-dealkylation sites (tertiary alicyclic amines) is 1. The predicted molar refractivity (Wildman–Crippen MR) is 80.7 cm³/mol. The topological polar surface area (TPSA) is 23.5 Å². The SMILES string of the molecule is OCC1CCCCCN1CC1Cc2ccccc2S1. The zero-order chi connectivity index (χ0) is 13.1. The molecule has 1 aromatic carbocycles. The van der Waals surface area contributed by atoms with Crippen LogP contribution in [0.1, 0.15) is 31.2 Å². The summed E-state index contributed by atoms with van der Waals surface area (Å²) in [6.45, 7) is 2.62. The van der Waals surface area contributed by atoms with Gasteiger partial charge in [0.1, 0.15) is 0 Å². The van der Waals surface area contributed by atoms with Gasteiger partial charge in [0.15, 0.2) is 0 Å². The number of nitrogens with zero attached hydrogens (tertiary/aromatic N) is 1. The van der Waals surface area contributed by atoms with Crippen molar-refractivity contribution in [2.45, 2.75) is 48.3 Å². The highest BCUT2D eigenvalue weighted by molar-refractivity contribution is 8.00. The van der Waals surface area contributed by atoms with Gasteiger partial charge < -0.3 is 5.11 Å². The van der Waals surface area contributed by atoms with E-state index in [1.54, 1.807) is 0 Å². The number of thioether (sulfide) groups is 1. The quantitative estimate of drug-likeness (QED) is 0.919. The fraction of sp³-hybridized carbons (Fsp3) is 0.625. The highest BCUT2D eigenvalue weighted by atomic mass is 32.2. The Labute approximate surface area is 120 Å². The standard InChI is InChI=1S/C16H23NOS/c18-12-14-7-2-1-5-9-17(14)11-15-10-13-6-3-4-8-16(13)19-15/h3-4,6,8,14-15,18H,1-2,5,7,9-12H2. The molecule has 0 amide bonds. The fourth-order valence-corrected chi connectivity index (χ4v) is 4.65. The van der Waals surface area contributed by atoms with Crippen molar-refractivity contribution in [3.05, 3.63) is 29.8 Å². The van der Waals surface area contributed by atoms with Crippen LogP contribution in [0.3, 0.4) is 0 Å². The van der Waals surface area contributed by atoms with Crippen LogP contribution < -0.4 is 0 Å². The molecule has 2 heterocycles. The third-order valence-electron chi connectivity index (χ3n) is 4.36. The highest BCUT2D eigenvalue weighted by Gasteiger charge is 2.27. The number of aliphatic hydroxyl groups excluding tert-OH is 1. The molecule has 2 aliphatic heterocycles. The molecule has 0 bridgehead atoms. The van der Waals surface area contributed by atoms with Crippen molar-refractivity contribution in [2.24, 2.45) is 0 Å². The van der Waals surface area contributed by atoms with E-state index in [1.807, 2.05) is 11.8 Å². The third-order valence-corrected chi connectivity index (χ3v) is 5.66. The van der Waals surface area contributed by atoms with Gasteiger partial charge in [-0.15, -0.1) is 11.8 Å². The number of fused-ring (bicyclic) bond motifs is 1. The van der Waals surface area contributed by atoms with Gasteiger partial charge in [0, 0.05) is 22.7 Å². The molecule has 0 saturated carbocycles. The normalized spacial score (nSPS) is 28.1. The summed E-state index contributed by atoms with van der Waals surface area (Å²) in [5, 5.41) is 10.3. The Kier molecular flexibility index (Phi) is 4.46. The monoisotopic (exact) mass is 277 g/mol. The van der Waals surface area contributed by atoms with Gasteiger partial charge in [0.2, 0.25) is 0 Å². The van der Waals surface area contributed by atoms with Crippen molar-refractivity contribution in [3.63, 3.8) is 0 Å². The van der Waals surface area contributed by atoms with Crippen LogP contribution in [0.15, 0.2) is 29.2 Å². The first-order valence-corrected chi connectivity index (χ1v) is 8.34. The average molecular weight is 277 g/mol. The molecule has 3 heteroatoms. The van der Waals surface area contributed by atoms with Gasteiger partial charge in [-0.05, 0) is 37.4 Å². The smallest absolute Gasteiger partial charge is 0.0586 e. The molecule has 3 rings (SSSR count). The molecule has 0 aliphatic carbocycles. The molecule has 0 spiro atoms. The van der Waals surface area contributed by atoms with Crippen molar-refractivity contribution in [3.8, 4) is 0 Å². The van der Waals surface area contributed by atoms with Gasteiger partial charge >= 0.3 is 0 Å². The molecule has 104 valence electrons. The second-order valence-corrected chi connectivity index (χ2v) is 7.07. The van der Waals surface area contributed by atoms with Crippen molar-refractivity contribution in [1.29, 1.82) is 0 Å². The second kappa shape index (κ2) is 6.29. The Morgan fingerprint density at radius 2 is 2.11 bits per heavy atom. The van der Waals surface area contributed by atoms with Gasteiger partial charge in [-0.2, -0.15) is 0 Å². The van der Waals surface area contributed by atoms with Crippen LogP contribution in [0.4, 0.5) is 0 Å². The number of hydrogen-bond donors (Lipinski definition) is 1. The lowest BCUT2D eigenvalue weighted by Gasteiger charge is -2.30. The summed E-state index contributed by atoms with van der Waals surface area (Å²) in [5.41, 5.74) is 1.51. The van der Waals surface area contributed by atoms with Gasteiger partial charge in [-0.1, -0.05) is 31.0 Å². The maximum atomic E-state index is 9.59. The van der Waals surface area contributed by atoms with Crippen molar-refractivity contribution < 1.29 is 5.11 Å². The van der Waals surface area contributed by atoms with Gasteiger partial charge in [-0.3, -0.25) is 4.90 Å². The number of rotatable bonds is 3. The zero-order valence-corrected chi connectivity index (χ0v) is 12.2. The van der Waals surface area contributed by atoms with Crippen molar-refractivity contribution >= 4 is 11.8 Å². The lowest BCUT2D eigenvalue weighted by molar-refractivity contribution is 0.125. The molecule has 2 atom stereocenters. The van der Waals surface area contributed by atoms with Crippen molar-refractivity contribution in [2.75, 3.05) is 19.7 Å². The Hall–Kier alpha value is -0.510. The Bertz CT molecular complexity index is 398. The first-order valence-electron chi connectivity index (χ1n) is 7.46. The van der Waals surface area contributed by atoms with E-state index >= 15 is 0 Å². The summed E-state index contributed by atoms with van der Waals surface area (Å²) >= 11 is 2.03. The van der Waals surface area contributed by atoms with E-state index in [4.69, 9.17) is 0 Å². The van der Waals surface area contributed by atoms with E-state index in [0.717, 1.165) is 6.54 Å². The Morgan fingerprint density at radius 1 is 1.21 bits per heavy atom. The van der Waals surface area contributed by atoms with Gasteiger partial charge in [0.25, 0.3) is 0 Å². The molecule has 1 saturated heterocycles. The van der Waals surface area contributed by atoms with Crippen LogP contribution >= 0.6 is 11.8 Å². The van der Waals surface area contributed by atoms with Crippen LogP contribution in [-0.4, -0.2) is 41.0 Å². The van der Waals surface area contributed by atoms with Crippen LogP contribution in [0.2, 0.25) is 0 Å². The Morgan fingerprint density at radius 3 is 2.95 bits per heavy atom. The van der Waals surface area contributed by atoms with Crippen LogP contribution in [0.25, 0.3) is 0 Å². The van der Waals surface area contributed by atoms with Crippen LogP contribution in [0, 0.1) is 0 Å². The maximum absolute atomic E-state index is 9.59. The lowest BCUT2D eigenvalue weighted by atomic mass is 10.1. The van der Waals surface area contributed by atoms with Gasteiger partial charge in [-0.25, -0.2) is 0 Å². The largest absolute Gasteiger partial charge is 0.395 e. The highest BCUT2D eigenvalue weighted by Crippen LogP contribution is 2.37. The number of aliphatic hydroxyl groups is 1. The average Bonchev–Trinajstić information content (AvgIpc) is 2.70. The minimum absolute atomic E-state index is 0.324. The van der Waals surface area contributed by atoms with E-state index in [0.29, 0.717) is 17.9 Å². The molecule has 1 fully saturated rings.